The lowest BCUT2D eigenvalue weighted by Crippen LogP contribution is -2.49. The molecule has 4 aromatic rings. The average Bonchev–Trinajstić information content (AvgIpc) is 3.72. The molecular weight excluding hydrogens is 502 g/mol. The summed E-state index contributed by atoms with van der Waals surface area (Å²) < 4.78 is 18.7. The Bertz CT molecular complexity index is 1540. The van der Waals surface area contributed by atoms with E-state index in [0.717, 1.165) is 43.6 Å². The van der Waals surface area contributed by atoms with Crippen LogP contribution in [-0.4, -0.2) is 80.9 Å². The smallest absolute Gasteiger partial charge is 0.253 e. The van der Waals surface area contributed by atoms with Crippen molar-refractivity contribution in [1.82, 2.24) is 30.1 Å². The number of nitrogens with zero attached hydrogens (tertiary/aromatic N) is 6. The number of fused-ring (bicyclic) bond motifs is 2. The number of nitrogens with one attached hydrogen (secondary N) is 1. The number of benzene rings is 2. The van der Waals surface area contributed by atoms with Gasteiger partial charge in [-0.15, -0.1) is 5.10 Å². The van der Waals surface area contributed by atoms with Crippen LogP contribution in [-0.2, 0) is 11.3 Å². The third kappa shape index (κ3) is 4.55. The molecule has 3 aliphatic heterocycles. The van der Waals surface area contributed by atoms with Gasteiger partial charge < -0.3 is 29.2 Å². The Balaban J connectivity index is 1.25. The topological polar surface area (TPSA) is 131 Å². The van der Waals surface area contributed by atoms with E-state index in [4.69, 9.17) is 14.2 Å². The van der Waals surface area contributed by atoms with Crippen LogP contribution in [0.5, 0.6) is 17.2 Å². The van der Waals surface area contributed by atoms with Crippen molar-refractivity contribution in [2.75, 3.05) is 44.5 Å². The molecule has 0 bridgehead atoms. The van der Waals surface area contributed by atoms with E-state index in [1.54, 1.807) is 22.9 Å². The molecule has 7 rings (SSSR count). The molecule has 0 aliphatic carbocycles. The Morgan fingerprint density at radius 2 is 1.85 bits per heavy atom. The number of ether oxygens (including phenoxy) is 3. The van der Waals surface area contributed by atoms with Crippen LogP contribution < -0.4 is 19.9 Å². The minimum atomic E-state index is -0.457. The molecular formula is C27H29N7O5. The molecule has 2 aromatic carbocycles. The van der Waals surface area contributed by atoms with Crippen molar-refractivity contribution < 1.29 is 19.3 Å². The molecule has 2 N–H and O–H groups in total. The average molecular weight is 532 g/mol. The minimum absolute atomic E-state index is 0.0499. The van der Waals surface area contributed by atoms with E-state index in [9.17, 15) is 9.90 Å². The SMILES string of the molecule is O=c1[nH]c2cc3c(cc2cc1[C@@H](c1nnnn1C[C@H]1CCCO1)N1CCN(c2ccc(O)cc2)CC1)OCO3. The summed E-state index contributed by atoms with van der Waals surface area (Å²) in [5.41, 5.74) is 2.11. The summed E-state index contributed by atoms with van der Waals surface area (Å²) in [4.78, 5) is 21.2. The number of aromatic hydroxyl groups is 1. The highest BCUT2D eigenvalue weighted by Gasteiger charge is 2.34. The monoisotopic (exact) mass is 531 g/mol. The number of hydrogen-bond donors (Lipinski definition) is 2. The van der Waals surface area contributed by atoms with Gasteiger partial charge in [0.05, 0.1) is 18.2 Å². The Hall–Kier alpha value is -4.16. The van der Waals surface area contributed by atoms with Crippen LogP contribution >= 0.6 is 0 Å². The van der Waals surface area contributed by atoms with Crippen molar-refractivity contribution in [3.05, 3.63) is 64.2 Å². The highest BCUT2D eigenvalue weighted by atomic mass is 16.7. The molecule has 0 radical (unpaired) electrons. The van der Waals surface area contributed by atoms with E-state index in [-0.39, 0.29) is 24.2 Å². The van der Waals surface area contributed by atoms with E-state index < -0.39 is 6.04 Å². The predicted octanol–water partition coefficient (Wildman–Crippen LogP) is 2.04. The Morgan fingerprint density at radius 3 is 2.62 bits per heavy atom. The highest BCUT2D eigenvalue weighted by Crippen LogP contribution is 2.36. The molecule has 2 atom stereocenters. The van der Waals surface area contributed by atoms with Crippen molar-refractivity contribution in [3.8, 4) is 17.2 Å². The zero-order valence-corrected chi connectivity index (χ0v) is 21.3. The maximum Gasteiger partial charge on any atom is 0.253 e. The van der Waals surface area contributed by atoms with E-state index in [0.29, 0.717) is 48.0 Å². The van der Waals surface area contributed by atoms with E-state index in [1.807, 2.05) is 24.3 Å². The summed E-state index contributed by atoms with van der Waals surface area (Å²) in [6.07, 6.45) is 2.03. The number of pyridine rings is 1. The fourth-order valence-corrected chi connectivity index (χ4v) is 5.74. The second kappa shape index (κ2) is 9.86. The minimum Gasteiger partial charge on any atom is -0.508 e. The summed E-state index contributed by atoms with van der Waals surface area (Å²) in [6, 6.07) is 12.4. The first-order valence-electron chi connectivity index (χ1n) is 13.2. The van der Waals surface area contributed by atoms with Gasteiger partial charge in [-0.2, -0.15) is 0 Å². The summed E-state index contributed by atoms with van der Waals surface area (Å²) in [7, 11) is 0. The summed E-state index contributed by atoms with van der Waals surface area (Å²) in [6.45, 7) is 4.32. The van der Waals surface area contributed by atoms with E-state index in [1.165, 1.54) is 0 Å². The van der Waals surface area contributed by atoms with Crippen LogP contribution in [0.4, 0.5) is 5.69 Å². The first kappa shape index (κ1) is 23.9. The molecule has 39 heavy (non-hydrogen) atoms. The number of H-pyrrole nitrogens is 1. The van der Waals surface area contributed by atoms with Crippen molar-refractivity contribution in [1.29, 1.82) is 0 Å². The maximum atomic E-state index is 13.6. The van der Waals surface area contributed by atoms with E-state index in [2.05, 4.69) is 30.3 Å². The number of aromatic nitrogens is 5. The van der Waals surface area contributed by atoms with Crippen LogP contribution in [0.1, 0.15) is 30.3 Å². The van der Waals surface area contributed by atoms with Crippen molar-refractivity contribution in [3.63, 3.8) is 0 Å². The Labute approximate surface area is 223 Å². The molecule has 0 spiro atoms. The van der Waals surface area contributed by atoms with Gasteiger partial charge in [-0.05, 0) is 59.7 Å². The fourth-order valence-electron chi connectivity index (χ4n) is 5.74. The number of tetrazole rings is 1. The number of hydrogen-bond acceptors (Lipinski definition) is 10. The van der Waals surface area contributed by atoms with E-state index >= 15 is 0 Å². The van der Waals surface area contributed by atoms with Gasteiger partial charge >= 0.3 is 0 Å². The second-order valence-corrected chi connectivity index (χ2v) is 10.1. The lowest BCUT2D eigenvalue weighted by atomic mass is 10.0. The van der Waals surface area contributed by atoms with Crippen molar-refractivity contribution in [2.24, 2.45) is 0 Å². The van der Waals surface area contributed by atoms with Crippen molar-refractivity contribution >= 4 is 16.6 Å². The molecule has 0 saturated carbocycles. The number of phenols is 1. The first-order chi connectivity index (χ1) is 19.1. The normalized spacial score (nSPS) is 20.1. The predicted molar refractivity (Wildman–Crippen MR) is 141 cm³/mol. The number of rotatable bonds is 6. The molecule has 0 unspecified atom stereocenters. The molecule has 2 fully saturated rings. The molecule has 2 aromatic heterocycles. The number of anilines is 1. The van der Waals surface area contributed by atoms with Crippen LogP contribution in [0.2, 0.25) is 0 Å². The second-order valence-electron chi connectivity index (χ2n) is 10.1. The van der Waals surface area contributed by atoms with Crippen molar-refractivity contribution in [2.45, 2.75) is 31.5 Å². The van der Waals surface area contributed by atoms with Crippen LogP contribution in [0, 0.1) is 0 Å². The molecule has 202 valence electrons. The third-order valence-electron chi connectivity index (χ3n) is 7.76. The van der Waals surface area contributed by atoms with Gasteiger partial charge in [-0.25, -0.2) is 4.68 Å². The third-order valence-corrected chi connectivity index (χ3v) is 7.76. The highest BCUT2D eigenvalue weighted by molar-refractivity contribution is 5.83. The molecule has 3 aliphatic rings. The standard InChI is InChI=1S/C27H29N7O5/c35-19-5-3-18(4-6-19)32-7-9-33(10-8-32)25(26-29-30-31-34(26)15-20-2-1-11-37-20)21-12-17-13-23-24(39-16-38-23)14-22(17)28-27(21)36/h3-6,12-14,20,25,35H,1-2,7-11,15-16H2,(H,28,36)/t20-,25+/m1/s1. The lowest BCUT2D eigenvalue weighted by Gasteiger charge is -2.39. The van der Waals surface area contributed by atoms with Gasteiger partial charge in [0.1, 0.15) is 11.8 Å². The Kier molecular flexibility index (Phi) is 6.05. The van der Waals surface area contributed by atoms with Gasteiger partial charge in [0, 0.05) is 55.5 Å². The maximum absolute atomic E-state index is 13.6. The van der Waals surface area contributed by atoms with Crippen LogP contribution in [0.15, 0.2) is 47.3 Å². The molecule has 12 heteroatoms. The van der Waals surface area contributed by atoms with Gasteiger partial charge in [-0.3, -0.25) is 9.69 Å². The molecule has 12 nitrogen and oxygen atoms in total. The molecule has 0 amide bonds. The molecule has 5 heterocycles. The Morgan fingerprint density at radius 1 is 1.05 bits per heavy atom. The lowest BCUT2D eigenvalue weighted by molar-refractivity contribution is 0.0906. The number of aromatic amines is 1. The molecule has 2 saturated heterocycles. The summed E-state index contributed by atoms with van der Waals surface area (Å²) in [5.74, 6) is 2.14. The summed E-state index contributed by atoms with van der Waals surface area (Å²) >= 11 is 0. The quantitative estimate of drug-likeness (QED) is 0.381. The van der Waals surface area contributed by atoms with Gasteiger partial charge in [-0.1, -0.05) is 0 Å². The van der Waals surface area contributed by atoms with Gasteiger partial charge in [0.15, 0.2) is 17.3 Å². The first-order valence-corrected chi connectivity index (χ1v) is 13.2. The van der Waals surface area contributed by atoms with Crippen LogP contribution in [0.3, 0.4) is 0 Å². The number of phenolic OH excluding ortho intramolecular Hbond substituents is 1. The largest absolute Gasteiger partial charge is 0.508 e. The zero-order chi connectivity index (χ0) is 26.3. The zero-order valence-electron chi connectivity index (χ0n) is 21.3. The summed E-state index contributed by atoms with van der Waals surface area (Å²) in [5, 5.41) is 23.3. The fraction of sp³-hybridized carbons (Fsp3) is 0.407. The van der Waals surface area contributed by atoms with Crippen LogP contribution in [0.25, 0.3) is 10.9 Å². The van der Waals surface area contributed by atoms with Gasteiger partial charge in [0.2, 0.25) is 6.79 Å². The number of piperazine rings is 1. The van der Waals surface area contributed by atoms with Gasteiger partial charge in [0.25, 0.3) is 5.56 Å².